The van der Waals surface area contributed by atoms with Crippen LogP contribution in [0.3, 0.4) is 0 Å². The van der Waals surface area contributed by atoms with Crippen LogP contribution in [0.15, 0.2) is 71.9 Å². The molecule has 1 N–H and O–H groups in total. The Hall–Kier alpha value is -3.54. The molecule has 0 saturated carbocycles. The van der Waals surface area contributed by atoms with E-state index in [4.69, 9.17) is 0 Å². The molecule has 0 fully saturated rings. The molecule has 26 heavy (non-hydrogen) atoms. The lowest BCUT2D eigenvalue weighted by atomic mass is 10.1. The average Bonchev–Trinajstić information content (AvgIpc) is 2.70. The number of benzene rings is 1. The lowest BCUT2D eigenvalue weighted by Gasteiger charge is -2.12. The minimum atomic E-state index is -0.173. The summed E-state index contributed by atoms with van der Waals surface area (Å²) < 4.78 is 1.46. The molecule has 4 aromatic rings. The fraction of sp³-hybridized carbons (Fsp3) is 0.100. The predicted octanol–water partition coefficient (Wildman–Crippen LogP) is 3.62. The molecular weight excluding hydrogens is 326 g/mol. The number of anilines is 2. The number of nitrogens with one attached hydrogen (secondary N) is 1. The monoisotopic (exact) mass is 343 g/mol. The van der Waals surface area contributed by atoms with Crippen molar-refractivity contribution in [3.63, 3.8) is 0 Å². The van der Waals surface area contributed by atoms with E-state index < -0.39 is 0 Å². The van der Waals surface area contributed by atoms with Gasteiger partial charge in [0.15, 0.2) is 0 Å². The molecule has 0 aliphatic carbocycles. The highest BCUT2D eigenvalue weighted by Gasteiger charge is 2.11. The first kappa shape index (κ1) is 16.0. The van der Waals surface area contributed by atoms with E-state index in [1.54, 1.807) is 24.7 Å². The SMILES string of the molecule is CCn1nc(-c2ccccc2)cc(Nc2cncc3ncccc23)c1=O. The minimum absolute atomic E-state index is 0.173. The van der Waals surface area contributed by atoms with Crippen molar-refractivity contribution in [2.24, 2.45) is 0 Å². The van der Waals surface area contributed by atoms with E-state index in [0.717, 1.165) is 27.8 Å². The van der Waals surface area contributed by atoms with Crippen LogP contribution in [-0.2, 0) is 6.54 Å². The third-order valence-electron chi connectivity index (χ3n) is 4.14. The molecule has 0 atom stereocenters. The molecule has 0 amide bonds. The van der Waals surface area contributed by atoms with Gasteiger partial charge in [-0.05, 0) is 25.1 Å². The summed E-state index contributed by atoms with van der Waals surface area (Å²) >= 11 is 0. The zero-order valence-corrected chi connectivity index (χ0v) is 14.3. The standard InChI is InChI=1S/C20H17N5O/c1-2-25-20(26)17(11-16(24-25)14-7-4-3-5-8-14)23-19-13-21-12-18-15(19)9-6-10-22-18/h3-13,23H,2H2,1H3. The quantitative estimate of drug-likeness (QED) is 0.613. The van der Waals surface area contributed by atoms with Crippen molar-refractivity contribution in [1.82, 2.24) is 19.7 Å². The van der Waals surface area contributed by atoms with Crippen molar-refractivity contribution >= 4 is 22.3 Å². The first-order chi connectivity index (χ1) is 12.8. The van der Waals surface area contributed by atoms with Crippen LogP contribution in [0.1, 0.15) is 6.92 Å². The van der Waals surface area contributed by atoms with Gasteiger partial charge in [-0.25, -0.2) is 4.68 Å². The number of hydrogen-bond donors (Lipinski definition) is 1. The summed E-state index contributed by atoms with van der Waals surface area (Å²) in [5.41, 5.74) is 3.48. The van der Waals surface area contributed by atoms with Gasteiger partial charge in [0.05, 0.1) is 29.3 Å². The van der Waals surface area contributed by atoms with Gasteiger partial charge in [0.1, 0.15) is 5.69 Å². The lowest BCUT2D eigenvalue weighted by molar-refractivity contribution is 0.621. The molecule has 1 aromatic carbocycles. The van der Waals surface area contributed by atoms with Gasteiger partial charge >= 0.3 is 0 Å². The van der Waals surface area contributed by atoms with Crippen molar-refractivity contribution in [2.75, 3.05) is 5.32 Å². The Morgan fingerprint density at radius 1 is 1.04 bits per heavy atom. The van der Waals surface area contributed by atoms with Gasteiger partial charge in [-0.3, -0.25) is 14.8 Å². The van der Waals surface area contributed by atoms with E-state index in [1.165, 1.54) is 4.68 Å². The molecule has 6 nitrogen and oxygen atoms in total. The molecule has 0 saturated heterocycles. The Bertz CT molecular complexity index is 1120. The first-order valence-electron chi connectivity index (χ1n) is 8.39. The summed E-state index contributed by atoms with van der Waals surface area (Å²) in [4.78, 5) is 21.2. The first-order valence-corrected chi connectivity index (χ1v) is 8.39. The van der Waals surface area contributed by atoms with Crippen molar-refractivity contribution in [2.45, 2.75) is 13.5 Å². The number of pyridine rings is 2. The van der Waals surface area contributed by atoms with E-state index in [0.29, 0.717) is 12.2 Å². The maximum Gasteiger partial charge on any atom is 0.290 e. The molecule has 3 heterocycles. The van der Waals surface area contributed by atoms with Crippen molar-refractivity contribution in [3.05, 3.63) is 77.5 Å². The highest BCUT2D eigenvalue weighted by molar-refractivity contribution is 5.92. The maximum atomic E-state index is 12.7. The van der Waals surface area contributed by atoms with Crippen LogP contribution in [0.2, 0.25) is 0 Å². The Morgan fingerprint density at radius 3 is 2.69 bits per heavy atom. The molecule has 0 aliphatic heterocycles. The third-order valence-corrected chi connectivity index (χ3v) is 4.14. The molecule has 0 aliphatic rings. The normalized spacial score (nSPS) is 10.8. The second-order valence-corrected chi connectivity index (χ2v) is 5.81. The van der Waals surface area contributed by atoms with E-state index in [9.17, 15) is 4.79 Å². The number of aryl methyl sites for hydroxylation is 1. The van der Waals surface area contributed by atoms with Gasteiger partial charge in [0.25, 0.3) is 5.56 Å². The van der Waals surface area contributed by atoms with Crippen LogP contribution in [0.25, 0.3) is 22.2 Å². The Kier molecular flexibility index (Phi) is 4.15. The summed E-state index contributed by atoms with van der Waals surface area (Å²) in [5, 5.41) is 8.59. The summed E-state index contributed by atoms with van der Waals surface area (Å²) in [5.74, 6) is 0. The van der Waals surface area contributed by atoms with Crippen LogP contribution < -0.4 is 10.9 Å². The van der Waals surface area contributed by atoms with Crippen molar-refractivity contribution in [1.29, 1.82) is 0 Å². The Labute approximate surface area is 150 Å². The fourth-order valence-electron chi connectivity index (χ4n) is 2.84. The average molecular weight is 343 g/mol. The zero-order chi connectivity index (χ0) is 17.9. The van der Waals surface area contributed by atoms with Gasteiger partial charge in [-0.15, -0.1) is 0 Å². The minimum Gasteiger partial charge on any atom is -0.349 e. The van der Waals surface area contributed by atoms with Crippen molar-refractivity contribution < 1.29 is 0 Å². The van der Waals surface area contributed by atoms with Crippen LogP contribution in [0.4, 0.5) is 11.4 Å². The number of rotatable bonds is 4. The van der Waals surface area contributed by atoms with Crippen LogP contribution in [0.5, 0.6) is 0 Å². The third kappa shape index (κ3) is 2.93. The second kappa shape index (κ2) is 6.76. The second-order valence-electron chi connectivity index (χ2n) is 5.81. The van der Waals surface area contributed by atoms with Crippen LogP contribution in [0, 0.1) is 0 Å². The molecule has 0 unspecified atom stereocenters. The van der Waals surface area contributed by atoms with E-state index in [1.807, 2.05) is 49.4 Å². The summed E-state index contributed by atoms with van der Waals surface area (Å²) in [7, 11) is 0. The highest BCUT2D eigenvalue weighted by Crippen LogP contribution is 2.24. The van der Waals surface area contributed by atoms with Gasteiger partial charge in [0, 0.05) is 23.7 Å². The Morgan fingerprint density at radius 2 is 1.88 bits per heavy atom. The van der Waals surface area contributed by atoms with E-state index in [2.05, 4.69) is 20.4 Å². The number of aromatic nitrogens is 4. The van der Waals surface area contributed by atoms with Crippen molar-refractivity contribution in [3.8, 4) is 11.3 Å². The molecular formula is C20H17N5O. The molecule has 0 spiro atoms. The van der Waals surface area contributed by atoms with Gasteiger partial charge in [-0.2, -0.15) is 5.10 Å². The number of hydrogen-bond acceptors (Lipinski definition) is 5. The summed E-state index contributed by atoms with van der Waals surface area (Å²) in [6, 6.07) is 15.4. The molecule has 3 aromatic heterocycles. The lowest BCUT2D eigenvalue weighted by Crippen LogP contribution is -2.24. The van der Waals surface area contributed by atoms with Crippen LogP contribution in [-0.4, -0.2) is 19.7 Å². The van der Waals surface area contributed by atoms with E-state index in [-0.39, 0.29) is 5.56 Å². The maximum absolute atomic E-state index is 12.7. The molecule has 0 radical (unpaired) electrons. The molecule has 128 valence electrons. The van der Waals surface area contributed by atoms with Crippen LogP contribution >= 0.6 is 0 Å². The molecule has 6 heteroatoms. The topological polar surface area (TPSA) is 72.7 Å². The molecule has 4 rings (SSSR count). The van der Waals surface area contributed by atoms with E-state index >= 15 is 0 Å². The summed E-state index contributed by atoms with van der Waals surface area (Å²) in [6.07, 6.45) is 5.12. The zero-order valence-electron chi connectivity index (χ0n) is 14.3. The Balaban J connectivity index is 1.84. The van der Waals surface area contributed by atoms with Gasteiger partial charge < -0.3 is 5.32 Å². The van der Waals surface area contributed by atoms with Gasteiger partial charge in [-0.1, -0.05) is 30.3 Å². The molecule has 0 bridgehead atoms. The largest absolute Gasteiger partial charge is 0.349 e. The fourth-order valence-corrected chi connectivity index (χ4v) is 2.84. The smallest absolute Gasteiger partial charge is 0.290 e. The number of fused-ring (bicyclic) bond motifs is 1. The summed E-state index contributed by atoms with van der Waals surface area (Å²) in [6.45, 7) is 2.39. The highest BCUT2D eigenvalue weighted by atomic mass is 16.1. The van der Waals surface area contributed by atoms with Gasteiger partial charge in [0.2, 0.25) is 0 Å². The number of nitrogens with zero attached hydrogens (tertiary/aromatic N) is 4. The predicted molar refractivity (Wildman–Crippen MR) is 102 cm³/mol.